The summed E-state index contributed by atoms with van der Waals surface area (Å²) in [6.07, 6.45) is 0. The fourth-order valence-corrected chi connectivity index (χ4v) is 2.31. The van der Waals surface area contributed by atoms with Gasteiger partial charge in [0.15, 0.2) is 0 Å². The van der Waals surface area contributed by atoms with Crippen molar-refractivity contribution in [1.29, 1.82) is 0 Å². The van der Waals surface area contributed by atoms with E-state index in [1.807, 2.05) is 18.2 Å². The van der Waals surface area contributed by atoms with Gasteiger partial charge in [0.1, 0.15) is 17.9 Å². The van der Waals surface area contributed by atoms with E-state index in [0.29, 0.717) is 16.9 Å². The first kappa shape index (κ1) is 16.8. The summed E-state index contributed by atoms with van der Waals surface area (Å²) in [7, 11) is 0. The van der Waals surface area contributed by atoms with Gasteiger partial charge in [-0.3, -0.25) is 0 Å². The van der Waals surface area contributed by atoms with Gasteiger partial charge in [-0.25, -0.2) is 14.8 Å². The SMILES string of the molecule is Cc1nc2ccccc2nc1COC(=O)c1ccccc1OC(F)F. The van der Waals surface area contributed by atoms with Crippen molar-refractivity contribution in [3.8, 4) is 5.75 Å². The highest BCUT2D eigenvalue weighted by molar-refractivity contribution is 5.92. The number of alkyl halides is 2. The fourth-order valence-electron chi connectivity index (χ4n) is 2.31. The smallest absolute Gasteiger partial charge is 0.387 e. The molecule has 0 bridgehead atoms. The highest BCUT2D eigenvalue weighted by Gasteiger charge is 2.17. The van der Waals surface area contributed by atoms with Crippen LogP contribution >= 0.6 is 0 Å². The number of ether oxygens (including phenoxy) is 2. The van der Waals surface area contributed by atoms with Gasteiger partial charge in [-0.1, -0.05) is 24.3 Å². The lowest BCUT2D eigenvalue weighted by atomic mass is 10.2. The van der Waals surface area contributed by atoms with Crippen molar-refractivity contribution in [2.24, 2.45) is 0 Å². The van der Waals surface area contributed by atoms with Gasteiger partial charge in [0.05, 0.1) is 22.4 Å². The van der Waals surface area contributed by atoms with E-state index in [1.165, 1.54) is 24.3 Å². The standard InChI is InChI=1S/C18H14F2N2O3/c1-11-15(22-14-8-4-3-7-13(14)21-11)10-24-17(23)12-6-2-5-9-16(12)25-18(19)20/h2-9,18H,10H2,1H3. The molecule has 0 aliphatic rings. The van der Waals surface area contributed by atoms with Gasteiger partial charge in [0, 0.05) is 0 Å². The highest BCUT2D eigenvalue weighted by Crippen LogP contribution is 2.22. The minimum absolute atomic E-state index is 0.0748. The normalized spacial score (nSPS) is 10.9. The topological polar surface area (TPSA) is 61.3 Å². The Morgan fingerprint density at radius 1 is 1.04 bits per heavy atom. The third-order valence-corrected chi connectivity index (χ3v) is 3.51. The van der Waals surface area contributed by atoms with Crippen LogP contribution in [0.5, 0.6) is 5.75 Å². The Morgan fingerprint density at radius 2 is 1.68 bits per heavy atom. The van der Waals surface area contributed by atoms with Crippen LogP contribution in [-0.4, -0.2) is 22.5 Å². The number of para-hydroxylation sites is 3. The van der Waals surface area contributed by atoms with E-state index in [1.54, 1.807) is 13.0 Å². The number of benzene rings is 2. The summed E-state index contributed by atoms with van der Waals surface area (Å²) in [6, 6.07) is 13.0. The molecule has 0 fully saturated rings. The molecule has 128 valence electrons. The lowest BCUT2D eigenvalue weighted by molar-refractivity contribution is -0.0505. The lowest BCUT2D eigenvalue weighted by Gasteiger charge is -2.11. The first-order valence-corrected chi connectivity index (χ1v) is 7.48. The first-order chi connectivity index (χ1) is 12.0. The Kier molecular flexibility index (Phi) is 4.83. The molecule has 0 radical (unpaired) electrons. The van der Waals surface area contributed by atoms with E-state index >= 15 is 0 Å². The van der Waals surface area contributed by atoms with E-state index in [2.05, 4.69) is 14.7 Å². The van der Waals surface area contributed by atoms with Gasteiger partial charge in [-0.2, -0.15) is 8.78 Å². The molecular weight excluding hydrogens is 330 g/mol. The van der Waals surface area contributed by atoms with Crippen molar-refractivity contribution < 1.29 is 23.0 Å². The molecule has 0 amide bonds. The van der Waals surface area contributed by atoms with Gasteiger partial charge in [-0.05, 0) is 31.2 Å². The summed E-state index contributed by atoms with van der Waals surface area (Å²) in [5.41, 5.74) is 2.48. The second-order valence-electron chi connectivity index (χ2n) is 5.20. The summed E-state index contributed by atoms with van der Waals surface area (Å²) < 4.78 is 34.4. The van der Waals surface area contributed by atoms with Gasteiger partial charge in [0.25, 0.3) is 0 Å². The quantitative estimate of drug-likeness (QED) is 0.657. The minimum Gasteiger partial charge on any atom is -0.455 e. The molecule has 5 nitrogen and oxygen atoms in total. The molecule has 1 aromatic heterocycles. The molecule has 0 unspecified atom stereocenters. The minimum atomic E-state index is -3.03. The van der Waals surface area contributed by atoms with Crippen LogP contribution in [-0.2, 0) is 11.3 Å². The summed E-state index contributed by atoms with van der Waals surface area (Å²) >= 11 is 0. The average Bonchev–Trinajstić information content (AvgIpc) is 2.59. The third kappa shape index (κ3) is 3.88. The molecular formula is C18H14F2N2O3. The number of carbonyl (C=O) groups excluding carboxylic acids is 1. The second-order valence-corrected chi connectivity index (χ2v) is 5.20. The zero-order chi connectivity index (χ0) is 17.8. The van der Waals surface area contributed by atoms with Gasteiger partial charge < -0.3 is 9.47 Å². The maximum absolute atomic E-state index is 12.4. The Balaban J connectivity index is 1.78. The van der Waals surface area contributed by atoms with Crippen molar-refractivity contribution in [1.82, 2.24) is 9.97 Å². The van der Waals surface area contributed by atoms with Crippen molar-refractivity contribution in [2.75, 3.05) is 0 Å². The largest absolute Gasteiger partial charge is 0.455 e. The average molecular weight is 344 g/mol. The summed E-state index contributed by atoms with van der Waals surface area (Å²) in [5, 5.41) is 0. The van der Waals surface area contributed by atoms with E-state index in [9.17, 15) is 13.6 Å². The predicted molar refractivity (Wildman–Crippen MR) is 86.5 cm³/mol. The third-order valence-electron chi connectivity index (χ3n) is 3.51. The number of hydrogen-bond donors (Lipinski definition) is 0. The van der Waals surface area contributed by atoms with Crippen molar-refractivity contribution in [2.45, 2.75) is 20.1 Å². The fraction of sp³-hybridized carbons (Fsp3) is 0.167. The number of esters is 1. The molecule has 0 saturated heterocycles. The van der Waals surface area contributed by atoms with Crippen LogP contribution in [0.25, 0.3) is 11.0 Å². The molecule has 0 atom stereocenters. The van der Waals surface area contributed by atoms with Gasteiger partial charge in [0.2, 0.25) is 0 Å². The number of aromatic nitrogens is 2. The zero-order valence-corrected chi connectivity index (χ0v) is 13.3. The van der Waals surface area contributed by atoms with Crippen LogP contribution in [0.2, 0.25) is 0 Å². The maximum Gasteiger partial charge on any atom is 0.387 e. The van der Waals surface area contributed by atoms with Crippen molar-refractivity contribution in [3.63, 3.8) is 0 Å². The number of carbonyl (C=O) groups is 1. The molecule has 0 aliphatic carbocycles. The number of hydrogen-bond acceptors (Lipinski definition) is 5. The van der Waals surface area contributed by atoms with E-state index in [0.717, 1.165) is 5.52 Å². The molecule has 0 aliphatic heterocycles. The molecule has 7 heteroatoms. The number of aryl methyl sites for hydroxylation is 1. The zero-order valence-electron chi connectivity index (χ0n) is 13.3. The summed E-state index contributed by atoms with van der Waals surface area (Å²) in [6.45, 7) is -1.38. The molecule has 0 spiro atoms. The van der Waals surface area contributed by atoms with Crippen LogP contribution < -0.4 is 4.74 Å². The Bertz CT molecular complexity index is 916. The van der Waals surface area contributed by atoms with Crippen LogP contribution in [0.15, 0.2) is 48.5 Å². The molecule has 3 rings (SSSR count). The van der Waals surface area contributed by atoms with Crippen LogP contribution in [0.4, 0.5) is 8.78 Å². The van der Waals surface area contributed by atoms with Crippen LogP contribution in [0, 0.1) is 6.92 Å². The number of nitrogens with zero attached hydrogens (tertiary/aromatic N) is 2. The monoisotopic (exact) mass is 344 g/mol. The summed E-state index contributed by atoms with van der Waals surface area (Å²) in [4.78, 5) is 21.0. The molecule has 3 aromatic rings. The Hall–Kier alpha value is -3.09. The molecule has 1 heterocycles. The second kappa shape index (κ2) is 7.21. The molecule has 2 aromatic carbocycles. The molecule has 0 N–H and O–H groups in total. The molecule has 25 heavy (non-hydrogen) atoms. The molecule has 0 saturated carbocycles. The van der Waals surface area contributed by atoms with E-state index < -0.39 is 12.6 Å². The Morgan fingerprint density at radius 3 is 2.40 bits per heavy atom. The van der Waals surface area contributed by atoms with Crippen LogP contribution in [0.3, 0.4) is 0 Å². The lowest BCUT2D eigenvalue weighted by Crippen LogP contribution is -2.11. The predicted octanol–water partition coefficient (Wildman–Crippen LogP) is 3.90. The number of rotatable bonds is 5. The van der Waals surface area contributed by atoms with Crippen molar-refractivity contribution in [3.05, 3.63) is 65.5 Å². The number of fused-ring (bicyclic) bond motifs is 1. The van der Waals surface area contributed by atoms with E-state index in [-0.39, 0.29) is 17.9 Å². The first-order valence-electron chi connectivity index (χ1n) is 7.48. The Labute approximate surface area is 142 Å². The van der Waals surface area contributed by atoms with E-state index in [4.69, 9.17) is 4.74 Å². The van der Waals surface area contributed by atoms with Crippen molar-refractivity contribution >= 4 is 17.0 Å². The van der Waals surface area contributed by atoms with Crippen LogP contribution in [0.1, 0.15) is 21.7 Å². The van der Waals surface area contributed by atoms with Gasteiger partial charge >= 0.3 is 12.6 Å². The number of halogens is 2. The summed E-state index contributed by atoms with van der Waals surface area (Å²) in [5.74, 6) is -1.01. The highest BCUT2D eigenvalue weighted by atomic mass is 19.3. The maximum atomic E-state index is 12.4. The van der Waals surface area contributed by atoms with Gasteiger partial charge in [-0.15, -0.1) is 0 Å².